The molecule has 268 valence electrons. The molecule has 4 atom stereocenters. The van der Waals surface area contributed by atoms with Crippen molar-refractivity contribution in [2.24, 2.45) is 11.8 Å². The van der Waals surface area contributed by atoms with E-state index in [1.54, 1.807) is 97.1 Å². The molecule has 0 N–H and O–H groups in total. The van der Waals surface area contributed by atoms with Crippen molar-refractivity contribution in [2.45, 2.75) is 17.0 Å². The number of Topliss-reactive ketones (excluding diaryl/α,β-unsaturated/α-hetero) is 1. The molecule has 8 nitrogen and oxygen atoms in total. The highest BCUT2D eigenvalue weighted by molar-refractivity contribution is 6.41. The number of ether oxygens (including phenoxy) is 4. The SMILES string of the molecule is O=C1C2C(C(=O)N1c1cc(C(F)(F)F)ccc1Cl)C1(c3ccccc3)C(=O)C2(c2ccccc2)C(c2ccc3c(c2)OCO3)=C1c1ccc2c(c1)OCO2. The lowest BCUT2D eigenvalue weighted by molar-refractivity contribution is -0.137. The molecule has 5 aliphatic rings. The molecule has 3 aliphatic heterocycles. The van der Waals surface area contributed by atoms with E-state index in [1.165, 1.54) is 0 Å². The second-order valence-electron chi connectivity index (χ2n) is 13.7. The zero-order chi connectivity index (χ0) is 37.1. The van der Waals surface area contributed by atoms with Crippen LogP contribution in [0.25, 0.3) is 11.1 Å². The Hall–Kier alpha value is -6.07. The maximum atomic E-state index is 16.2. The lowest BCUT2D eigenvalue weighted by Gasteiger charge is -2.39. The lowest BCUT2D eigenvalue weighted by atomic mass is 9.59. The Morgan fingerprint density at radius 2 is 1.06 bits per heavy atom. The van der Waals surface area contributed by atoms with Gasteiger partial charge in [-0.2, -0.15) is 13.2 Å². The summed E-state index contributed by atoms with van der Waals surface area (Å²) in [5.41, 5.74) is -2.37. The van der Waals surface area contributed by atoms with Crippen LogP contribution in [0.2, 0.25) is 5.02 Å². The van der Waals surface area contributed by atoms with E-state index < -0.39 is 57.7 Å². The number of hydrogen-bond donors (Lipinski definition) is 0. The van der Waals surface area contributed by atoms with Crippen molar-refractivity contribution in [2.75, 3.05) is 18.5 Å². The molecule has 0 aromatic heterocycles. The predicted molar refractivity (Wildman–Crippen MR) is 189 cm³/mol. The summed E-state index contributed by atoms with van der Waals surface area (Å²) in [6.07, 6.45) is -4.80. The molecule has 1 saturated carbocycles. The normalized spacial score (nSPS) is 24.9. The molecular formula is C42H25ClF3NO7. The number of hydrogen-bond acceptors (Lipinski definition) is 7. The first-order chi connectivity index (χ1) is 26.1. The summed E-state index contributed by atoms with van der Waals surface area (Å²) >= 11 is 6.55. The first kappa shape index (κ1) is 32.6. The molecule has 5 aromatic rings. The quantitative estimate of drug-likeness (QED) is 0.168. The van der Waals surface area contributed by atoms with Gasteiger partial charge in [0.25, 0.3) is 0 Å². The van der Waals surface area contributed by atoms with Crippen LogP contribution in [0.4, 0.5) is 18.9 Å². The Kier molecular flexibility index (Phi) is 6.77. The number of alkyl halides is 3. The van der Waals surface area contributed by atoms with Crippen LogP contribution in [0.3, 0.4) is 0 Å². The number of anilines is 1. The van der Waals surface area contributed by atoms with Crippen LogP contribution in [-0.2, 0) is 31.4 Å². The molecule has 3 heterocycles. The van der Waals surface area contributed by atoms with Gasteiger partial charge in [0.2, 0.25) is 25.4 Å². The Balaban J connectivity index is 1.35. The topological polar surface area (TPSA) is 91.4 Å². The van der Waals surface area contributed by atoms with Gasteiger partial charge in [-0.05, 0) is 75.9 Å². The van der Waals surface area contributed by atoms with Crippen molar-refractivity contribution in [1.29, 1.82) is 0 Å². The maximum absolute atomic E-state index is 16.2. The minimum Gasteiger partial charge on any atom is -0.454 e. The molecule has 5 aromatic carbocycles. The van der Waals surface area contributed by atoms with E-state index in [9.17, 15) is 13.2 Å². The van der Waals surface area contributed by atoms with Crippen molar-refractivity contribution in [1.82, 2.24) is 0 Å². The van der Waals surface area contributed by atoms with E-state index in [0.717, 1.165) is 17.0 Å². The average molecular weight is 748 g/mol. The first-order valence-corrected chi connectivity index (χ1v) is 17.4. The summed E-state index contributed by atoms with van der Waals surface area (Å²) in [6, 6.07) is 30.5. The molecule has 4 unspecified atom stereocenters. The van der Waals surface area contributed by atoms with Crippen molar-refractivity contribution in [3.8, 4) is 23.0 Å². The molecule has 2 amide bonds. The molecule has 2 bridgehead atoms. The van der Waals surface area contributed by atoms with Crippen LogP contribution < -0.4 is 23.8 Å². The summed E-state index contributed by atoms with van der Waals surface area (Å²) in [7, 11) is 0. The number of fused-ring (bicyclic) bond motifs is 7. The predicted octanol–water partition coefficient (Wildman–Crippen LogP) is 8.01. The fourth-order valence-corrected chi connectivity index (χ4v) is 9.53. The standard InChI is InChI=1S/C42H25ClF3NO7/c43-27-14-13-26(42(44,45)46)19-28(27)47-37(48)35-36(38(47)49)41(25-9-5-2-6-10-25)34(23-12-16-30-32(18-23)54-21-52-30)33(22-11-15-29-31(17-22)53-20-51-29)40(35,39(41)50)24-7-3-1-4-8-24/h1-19,35-36H,20-21H2. The minimum atomic E-state index is -4.80. The molecule has 2 aliphatic carbocycles. The molecule has 0 radical (unpaired) electrons. The zero-order valence-corrected chi connectivity index (χ0v) is 28.6. The highest BCUT2D eigenvalue weighted by Gasteiger charge is 2.83. The van der Waals surface area contributed by atoms with Crippen molar-refractivity contribution in [3.63, 3.8) is 0 Å². The van der Waals surface area contributed by atoms with E-state index in [1.807, 2.05) is 0 Å². The second-order valence-corrected chi connectivity index (χ2v) is 14.1. The van der Waals surface area contributed by atoms with Crippen LogP contribution in [-0.4, -0.2) is 31.2 Å². The van der Waals surface area contributed by atoms with Gasteiger partial charge in [0.1, 0.15) is 0 Å². The summed E-state index contributed by atoms with van der Waals surface area (Å²) < 4.78 is 65.2. The summed E-state index contributed by atoms with van der Waals surface area (Å²) in [5.74, 6) is -3.10. The van der Waals surface area contributed by atoms with Gasteiger partial charge in [-0.1, -0.05) is 84.4 Å². The van der Waals surface area contributed by atoms with Gasteiger partial charge in [0.15, 0.2) is 28.8 Å². The van der Waals surface area contributed by atoms with Gasteiger partial charge in [-0.15, -0.1) is 0 Å². The number of ketones is 1. The first-order valence-electron chi connectivity index (χ1n) is 17.0. The number of benzene rings is 5. The van der Waals surface area contributed by atoms with Gasteiger partial charge in [-0.25, -0.2) is 4.90 Å². The third-order valence-corrected chi connectivity index (χ3v) is 11.6. The number of allylic oxidation sites excluding steroid dienone is 2. The zero-order valence-electron chi connectivity index (χ0n) is 27.9. The minimum absolute atomic E-state index is 0.0199. The Morgan fingerprint density at radius 1 is 0.593 bits per heavy atom. The van der Waals surface area contributed by atoms with Gasteiger partial charge < -0.3 is 18.9 Å². The number of rotatable bonds is 5. The average Bonchev–Trinajstić information content (AvgIpc) is 3.98. The largest absolute Gasteiger partial charge is 0.454 e. The summed E-state index contributed by atoms with van der Waals surface area (Å²) in [6.45, 7) is -0.0398. The second kappa shape index (κ2) is 11.2. The van der Waals surface area contributed by atoms with Crippen molar-refractivity contribution < 1.29 is 46.5 Å². The number of nitrogens with zero attached hydrogens (tertiary/aromatic N) is 1. The molecule has 0 spiro atoms. The van der Waals surface area contributed by atoms with Gasteiger partial charge in [0, 0.05) is 0 Å². The number of imide groups is 1. The molecule has 12 heteroatoms. The number of carbonyl (C=O) groups excluding carboxylic acids is 3. The molecule has 2 fully saturated rings. The van der Waals surface area contributed by atoms with E-state index >= 15 is 14.4 Å². The lowest BCUT2D eigenvalue weighted by Crippen LogP contribution is -2.45. The molecule has 1 saturated heterocycles. The van der Waals surface area contributed by atoms with Crippen molar-refractivity contribution >= 4 is 46.0 Å². The maximum Gasteiger partial charge on any atom is 0.416 e. The Bertz CT molecular complexity index is 2370. The highest BCUT2D eigenvalue weighted by atomic mass is 35.5. The van der Waals surface area contributed by atoms with Gasteiger partial charge >= 0.3 is 6.18 Å². The fourth-order valence-electron chi connectivity index (χ4n) is 9.33. The Morgan fingerprint density at radius 3 is 1.52 bits per heavy atom. The number of halogens is 4. The Labute approximate surface area is 310 Å². The van der Waals surface area contributed by atoms with Crippen LogP contribution >= 0.6 is 11.6 Å². The molecule has 54 heavy (non-hydrogen) atoms. The third-order valence-electron chi connectivity index (χ3n) is 11.3. The highest BCUT2D eigenvalue weighted by Crippen LogP contribution is 2.75. The molecular weight excluding hydrogens is 723 g/mol. The summed E-state index contributed by atoms with van der Waals surface area (Å²) in [5, 5.41) is -0.231. The number of amides is 2. The van der Waals surface area contributed by atoms with Crippen LogP contribution in [0.5, 0.6) is 23.0 Å². The van der Waals surface area contributed by atoms with Crippen LogP contribution in [0, 0.1) is 11.8 Å². The smallest absolute Gasteiger partial charge is 0.416 e. The van der Waals surface area contributed by atoms with E-state index in [2.05, 4.69) is 0 Å². The van der Waals surface area contributed by atoms with Gasteiger partial charge in [-0.3, -0.25) is 14.4 Å². The third kappa shape index (κ3) is 4.07. The van der Waals surface area contributed by atoms with Crippen molar-refractivity contribution in [3.05, 3.63) is 148 Å². The van der Waals surface area contributed by atoms with E-state index in [4.69, 9.17) is 30.5 Å². The van der Waals surface area contributed by atoms with E-state index in [0.29, 0.717) is 62.5 Å². The van der Waals surface area contributed by atoms with Gasteiger partial charge in [0.05, 0.1) is 38.9 Å². The van der Waals surface area contributed by atoms with Crippen LogP contribution in [0.15, 0.2) is 115 Å². The molecule has 10 rings (SSSR count). The van der Waals surface area contributed by atoms with Crippen LogP contribution in [0.1, 0.15) is 27.8 Å². The number of carbonyl (C=O) groups is 3. The monoisotopic (exact) mass is 747 g/mol. The fraction of sp³-hybridized carbons (Fsp3) is 0.167. The summed E-state index contributed by atoms with van der Waals surface area (Å²) in [4.78, 5) is 47.5. The van der Waals surface area contributed by atoms with E-state index in [-0.39, 0.29) is 18.6 Å².